The number of anilines is 1. The molecule has 0 radical (unpaired) electrons. The van der Waals surface area contributed by atoms with E-state index in [-0.39, 0.29) is 5.56 Å². The van der Waals surface area contributed by atoms with E-state index in [9.17, 15) is 9.59 Å². The number of carbonyl (C=O) groups is 1. The molecule has 2 N–H and O–H groups in total. The molecule has 2 aromatic carbocycles. The highest BCUT2D eigenvalue weighted by Crippen LogP contribution is 2.29. The van der Waals surface area contributed by atoms with Gasteiger partial charge in [0.1, 0.15) is 4.83 Å². The lowest BCUT2D eigenvalue weighted by molar-refractivity contribution is 0.259. The van der Waals surface area contributed by atoms with Crippen LogP contribution in [-0.2, 0) is 5.75 Å². The van der Waals surface area contributed by atoms with Crippen LogP contribution in [0, 0.1) is 20.8 Å². The molecule has 9 heteroatoms. The van der Waals surface area contributed by atoms with Gasteiger partial charge in [-0.1, -0.05) is 53.2 Å². The Balaban J connectivity index is 1.66. The number of hydrogen-bond acceptors (Lipinski definition) is 5. The Labute approximate surface area is 198 Å². The van der Waals surface area contributed by atoms with Crippen LogP contribution < -0.4 is 16.3 Å². The smallest absolute Gasteiger partial charge is 0.307 e. The average Bonchev–Trinajstić information content (AvgIpc) is 3.05. The van der Waals surface area contributed by atoms with E-state index in [2.05, 4.69) is 10.7 Å². The number of thiophene rings is 1. The second-order valence-electron chi connectivity index (χ2n) is 7.35. The molecule has 4 aromatic rings. The second kappa shape index (κ2) is 9.36. The average molecular weight is 485 g/mol. The van der Waals surface area contributed by atoms with Crippen molar-refractivity contribution in [1.82, 2.24) is 9.66 Å². The van der Waals surface area contributed by atoms with Crippen molar-refractivity contribution in [2.75, 3.05) is 10.7 Å². The lowest BCUT2D eigenvalue weighted by atomic mass is 10.2. The maximum absolute atomic E-state index is 13.3. The van der Waals surface area contributed by atoms with Crippen molar-refractivity contribution in [3.05, 3.63) is 85.5 Å². The normalized spacial score (nSPS) is 11.0. The van der Waals surface area contributed by atoms with Gasteiger partial charge in [-0.05, 0) is 56.2 Å². The van der Waals surface area contributed by atoms with Crippen molar-refractivity contribution < 1.29 is 4.79 Å². The van der Waals surface area contributed by atoms with Gasteiger partial charge in [0.05, 0.1) is 5.39 Å². The number of carbonyl (C=O) groups excluding carboxylic acids is 1. The molecule has 4 rings (SSSR count). The zero-order valence-corrected chi connectivity index (χ0v) is 20.1. The van der Waals surface area contributed by atoms with Crippen molar-refractivity contribution in [3.63, 3.8) is 0 Å². The summed E-state index contributed by atoms with van der Waals surface area (Å²) < 4.78 is 1.23. The van der Waals surface area contributed by atoms with Crippen LogP contribution in [0.15, 0.2) is 58.5 Å². The highest BCUT2D eigenvalue weighted by molar-refractivity contribution is 7.98. The Kier molecular flexibility index (Phi) is 6.55. The fourth-order valence-corrected chi connectivity index (χ4v) is 5.20. The third-order valence-electron chi connectivity index (χ3n) is 4.98. The zero-order valence-electron chi connectivity index (χ0n) is 17.7. The number of aromatic nitrogens is 2. The van der Waals surface area contributed by atoms with Crippen LogP contribution in [0.4, 0.5) is 10.5 Å². The molecule has 32 heavy (non-hydrogen) atoms. The molecule has 2 amide bonds. The summed E-state index contributed by atoms with van der Waals surface area (Å²) in [6.45, 7) is 5.83. The quantitative estimate of drug-likeness (QED) is 0.265. The summed E-state index contributed by atoms with van der Waals surface area (Å²) in [5.74, 6) is 0.569. The SMILES string of the molecule is Cc1ccc(NC(=O)Nn2c(SCc3ccc(Cl)cc3)nc3sc(C)c(C)c3c2=O)cc1. The molecule has 0 atom stereocenters. The minimum atomic E-state index is -0.518. The molecular formula is C23H21ClN4O2S2. The molecule has 0 bridgehead atoms. The number of rotatable bonds is 5. The van der Waals surface area contributed by atoms with Gasteiger partial charge in [-0.15, -0.1) is 11.3 Å². The second-order valence-corrected chi connectivity index (χ2v) is 9.93. The highest BCUT2D eigenvalue weighted by Gasteiger charge is 2.18. The minimum Gasteiger partial charge on any atom is -0.307 e. The highest BCUT2D eigenvalue weighted by atomic mass is 35.5. The topological polar surface area (TPSA) is 76.0 Å². The third kappa shape index (κ3) is 4.82. The summed E-state index contributed by atoms with van der Waals surface area (Å²) in [7, 11) is 0. The van der Waals surface area contributed by atoms with E-state index in [1.54, 1.807) is 0 Å². The summed E-state index contributed by atoms with van der Waals surface area (Å²) in [5, 5.41) is 4.36. The van der Waals surface area contributed by atoms with Crippen molar-refractivity contribution in [1.29, 1.82) is 0 Å². The Bertz CT molecular complexity index is 1350. The lowest BCUT2D eigenvalue weighted by Gasteiger charge is -2.14. The number of urea groups is 1. The van der Waals surface area contributed by atoms with Crippen molar-refractivity contribution in [3.8, 4) is 0 Å². The predicted octanol–water partition coefficient (Wildman–Crippen LogP) is 6.10. The standard InChI is InChI=1S/C23H21ClN4O2S2/c1-13-4-10-18(11-5-13)25-22(30)27-28-21(29)19-14(2)15(3)32-20(19)26-23(28)31-12-16-6-8-17(24)9-7-16/h4-11H,12H2,1-3H3,(H2,25,27,30). The van der Waals surface area contributed by atoms with E-state index in [4.69, 9.17) is 16.6 Å². The van der Waals surface area contributed by atoms with Crippen LogP contribution in [0.25, 0.3) is 10.2 Å². The van der Waals surface area contributed by atoms with Crippen LogP contribution in [0.3, 0.4) is 0 Å². The van der Waals surface area contributed by atoms with Crippen molar-refractivity contribution in [2.45, 2.75) is 31.7 Å². The molecule has 2 heterocycles. The Morgan fingerprint density at radius 3 is 2.47 bits per heavy atom. The van der Waals surface area contributed by atoms with Crippen LogP contribution in [0.1, 0.15) is 21.6 Å². The molecule has 0 unspecified atom stereocenters. The Morgan fingerprint density at radius 2 is 1.78 bits per heavy atom. The van der Waals surface area contributed by atoms with Gasteiger partial charge in [-0.2, -0.15) is 4.68 Å². The molecule has 0 aliphatic carbocycles. The molecule has 6 nitrogen and oxygen atoms in total. The molecule has 2 aromatic heterocycles. The number of hydrogen-bond donors (Lipinski definition) is 2. The monoisotopic (exact) mass is 484 g/mol. The van der Waals surface area contributed by atoms with Gasteiger partial charge in [0.2, 0.25) is 0 Å². The molecule has 0 aliphatic rings. The number of nitrogens with zero attached hydrogens (tertiary/aromatic N) is 2. The fourth-order valence-electron chi connectivity index (χ4n) is 3.10. The zero-order chi connectivity index (χ0) is 22.8. The molecule has 0 fully saturated rings. The van der Waals surface area contributed by atoms with Gasteiger partial charge in [0.15, 0.2) is 5.16 Å². The summed E-state index contributed by atoms with van der Waals surface area (Å²) in [6, 6.07) is 14.4. The van der Waals surface area contributed by atoms with Gasteiger partial charge in [0, 0.05) is 21.3 Å². The fraction of sp³-hybridized carbons (Fsp3) is 0.174. The molecule has 0 spiro atoms. The van der Waals surface area contributed by atoms with E-state index in [0.717, 1.165) is 21.6 Å². The molecular weight excluding hydrogens is 464 g/mol. The van der Waals surface area contributed by atoms with Gasteiger partial charge < -0.3 is 5.32 Å². The predicted molar refractivity (Wildman–Crippen MR) is 134 cm³/mol. The molecule has 0 saturated heterocycles. The van der Waals surface area contributed by atoms with Crippen LogP contribution in [0.2, 0.25) is 5.02 Å². The molecule has 164 valence electrons. The number of thioether (sulfide) groups is 1. The Morgan fingerprint density at radius 1 is 1.09 bits per heavy atom. The third-order valence-corrected chi connectivity index (χ3v) is 7.34. The van der Waals surface area contributed by atoms with Gasteiger partial charge in [-0.25, -0.2) is 15.2 Å². The molecule has 0 aliphatic heterocycles. The molecule has 0 saturated carbocycles. The lowest BCUT2D eigenvalue weighted by Crippen LogP contribution is -2.37. The maximum Gasteiger partial charge on any atom is 0.338 e. The number of aryl methyl sites for hydroxylation is 3. The van der Waals surface area contributed by atoms with E-state index >= 15 is 0 Å². The minimum absolute atomic E-state index is 0.297. The van der Waals surface area contributed by atoms with Crippen LogP contribution in [-0.4, -0.2) is 15.7 Å². The maximum atomic E-state index is 13.3. The van der Waals surface area contributed by atoms with Gasteiger partial charge in [-0.3, -0.25) is 4.79 Å². The number of benzene rings is 2. The van der Waals surface area contributed by atoms with Gasteiger partial charge in [0.25, 0.3) is 5.56 Å². The van der Waals surface area contributed by atoms with Crippen LogP contribution in [0.5, 0.6) is 0 Å². The van der Waals surface area contributed by atoms with Crippen LogP contribution >= 0.6 is 34.7 Å². The van der Waals surface area contributed by atoms with E-state index in [1.165, 1.54) is 27.8 Å². The van der Waals surface area contributed by atoms with E-state index in [0.29, 0.717) is 31.8 Å². The van der Waals surface area contributed by atoms with E-state index in [1.807, 2.05) is 69.3 Å². The summed E-state index contributed by atoms with van der Waals surface area (Å²) in [4.78, 5) is 32.4. The first-order valence-electron chi connectivity index (χ1n) is 9.86. The first-order valence-corrected chi connectivity index (χ1v) is 12.0. The first kappa shape index (κ1) is 22.4. The first-order chi connectivity index (χ1) is 15.3. The summed E-state index contributed by atoms with van der Waals surface area (Å²) in [5.41, 5.74) is 6.01. The van der Waals surface area contributed by atoms with E-state index < -0.39 is 6.03 Å². The number of nitrogens with one attached hydrogen (secondary N) is 2. The van der Waals surface area contributed by atoms with Crippen molar-refractivity contribution >= 4 is 56.6 Å². The number of halogens is 1. The largest absolute Gasteiger partial charge is 0.338 e. The Hall–Kier alpha value is -2.81. The van der Waals surface area contributed by atoms with Crippen molar-refractivity contribution in [2.24, 2.45) is 0 Å². The number of amides is 2. The van der Waals surface area contributed by atoms with Gasteiger partial charge >= 0.3 is 6.03 Å². The summed E-state index contributed by atoms with van der Waals surface area (Å²) in [6.07, 6.45) is 0. The number of fused-ring (bicyclic) bond motifs is 1. The summed E-state index contributed by atoms with van der Waals surface area (Å²) >= 11 is 8.82.